The second kappa shape index (κ2) is 33.0. The van der Waals surface area contributed by atoms with E-state index in [1.54, 1.807) is 37.3 Å². The molecule has 3 amide bonds. The first-order valence-electron chi connectivity index (χ1n) is 23.0. The lowest BCUT2D eigenvalue weighted by atomic mass is 10.1. The van der Waals surface area contributed by atoms with Gasteiger partial charge in [0, 0.05) is 36.6 Å². The molecule has 74 heavy (non-hydrogen) atoms. The lowest BCUT2D eigenvalue weighted by Crippen LogP contribution is -2.28. The van der Waals surface area contributed by atoms with Gasteiger partial charge in [0.25, 0.3) is 5.91 Å². The third-order valence-corrected chi connectivity index (χ3v) is 10.3. The number of carbonyl (C=O) groups excluding carboxylic acids is 4. The van der Waals surface area contributed by atoms with Crippen molar-refractivity contribution in [2.45, 2.75) is 25.9 Å². The van der Waals surface area contributed by atoms with E-state index in [1.165, 1.54) is 24.3 Å². The number of aliphatic carboxylic acids is 1. The Balaban J connectivity index is 0.00000192. The minimum atomic E-state index is -5.08. The first kappa shape index (κ1) is 61.4. The third-order valence-electron chi connectivity index (χ3n) is 9.30. The van der Waals surface area contributed by atoms with Gasteiger partial charge in [0.05, 0.1) is 70.1 Å². The number of hydrogen-bond donors (Lipinski definition) is 6. The number of aliphatic hydroxyl groups is 1. The summed E-state index contributed by atoms with van der Waals surface area (Å²) >= 11 is 1.12. The molecule has 6 N–H and O–H groups in total. The fourth-order valence-electron chi connectivity index (χ4n) is 5.90. The molecule has 0 atom stereocenters. The van der Waals surface area contributed by atoms with E-state index in [0.29, 0.717) is 53.9 Å². The number of phenolic OH excluding ortho intramolecular Hbond substituents is 1. The Kier molecular flexibility index (Phi) is 27.4. The number of phenols is 1. The number of esters is 1. The molecule has 406 valence electrons. The number of alkyl halides is 3. The number of carboxylic acid groups (broad SMARTS) is 1. The number of aliphatic hydroxyl groups excluding tert-OH is 1. The van der Waals surface area contributed by atoms with Crippen molar-refractivity contribution in [3.63, 3.8) is 0 Å². The Morgan fingerprint density at radius 3 is 1.77 bits per heavy atom. The van der Waals surface area contributed by atoms with E-state index in [-0.39, 0.29) is 92.6 Å². The standard InChI is InChI=1S/C47H62N6O13S.C2HF3O2/c1-6-63-45(57)41-42(55)40(67-44(41)49-35-12-8-7-9-13-35)29-33-14-15-39(38(54)28-33)64-27-26-62-25-24-61-23-22-60-21-16-48-43(56)34-30-36(50-46(58)65-19-10-17-52(2)3)32-37(31-34)51-47(59)66-20-11-18-53(4)5;3-2(4,5)1(6)7/h7-9,12-15,28-32,54-55H,6,10-11,16-27H2,1-5H3,(H,48,56)(H,50,58)(H,51,59);(H,6,7)/b40-29-,49-44?;. The zero-order valence-corrected chi connectivity index (χ0v) is 42.5. The van der Waals surface area contributed by atoms with Crippen molar-refractivity contribution in [2.75, 3.05) is 125 Å². The van der Waals surface area contributed by atoms with Gasteiger partial charge in [0.15, 0.2) is 11.5 Å². The maximum absolute atomic E-state index is 13.1. The summed E-state index contributed by atoms with van der Waals surface area (Å²) in [5.41, 5.74) is 1.82. The van der Waals surface area contributed by atoms with Gasteiger partial charge in [-0.2, -0.15) is 13.2 Å². The molecule has 0 radical (unpaired) electrons. The Hall–Kier alpha value is -6.90. The first-order valence-corrected chi connectivity index (χ1v) is 23.8. The SMILES string of the molecule is CCOC(=O)C1=C(O)/C(=C/c2ccc(OCCOCCOCCOCCNC(=O)c3cc(NC(=O)OCCCN(C)C)cc(NC(=O)OCCCN(C)C)c3)c(O)c2)SC1=Nc1ccccc1.O=C(O)C(F)(F)F. The number of anilines is 2. The van der Waals surface area contributed by atoms with Crippen LogP contribution in [0.1, 0.15) is 35.7 Å². The number of carbonyl (C=O) groups is 5. The number of carboxylic acids is 1. The molecule has 1 aliphatic heterocycles. The van der Waals surface area contributed by atoms with Crippen LogP contribution in [0.4, 0.5) is 39.8 Å². The highest BCUT2D eigenvalue weighted by molar-refractivity contribution is 8.18. The van der Waals surface area contributed by atoms with Crippen molar-refractivity contribution < 1.29 is 85.6 Å². The summed E-state index contributed by atoms with van der Waals surface area (Å²) in [4.78, 5) is 68.4. The van der Waals surface area contributed by atoms with E-state index in [2.05, 4.69) is 20.9 Å². The molecule has 3 aromatic rings. The molecule has 3 aromatic carbocycles. The minimum absolute atomic E-state index is 0.0239. The van der Waals surface area contributed by atoms with Crippen LogP contribution in [0.2, 0.25) is 0 Å². The molecule has 0 saturated carbocycles. The maximum Gasteiger partial charge on any atom is 0.490 e. The van der Waals surface area contributed by atoms with Gasteiger partial charge >= 0.3 is 30.3 Å². The van der Waals surface area contributed by atoms with Crippen molar-refractivity contribution in [1.29, 1.82) is 0 Å². The number of aromatic hydroxyl groups is 1. The fourth-order valence-corrected chi connectivity index (χ4v) is 6.94. The van der Waals surface area contributed by atoms with Crippen LogP contribution in [0.3, 0.4) is 0 Å². The largest absolute Gasteiger partial charge is 0.506 e. The summed E-state index contributed by atoms with van der Waals surface area (Å²) in [5, 5.41) is 37.0. The molecule has 0 unspecified atom stereocenters. The monoisotopic (exact) mass is 1060 g/mol. The Bertz CT molecular complexity index is 2340. The van der Waals surface area contributed by atoms with Crippen LogP contribution in [0.15, 0.2) is 88.0 Å². The summed E-state index contributed by atoms with van der Waals surface area (Å²) in [7, 11) is 7.69. The molecule has 0 aliphatic carbocycles. The molecule has 25 heteroatoms. The topological polar surface area (TPSA) is 266 Å². The molecule has 0 spiro atoms. The second-order valence-corrected chi connectivity index (χ2v) is 16.9. The highest BCUT2D eigenvalue weighted by Crippen LogP contribution is 2.41. The quantitative estimate of drug-likeness (QED) is 0.0241. The molecule has 1 heterocycles. The number of amides is 3. The Labute approximate surface area is 430 Å². The average Bonchev–Trinajstić information content (AvgIpc) is 3.64. The van der Waals surface area contributed by atoms with Crippen molar-refractivity contribution >= 4 is 70.0 Å². The lowest BCUT2D eigenvalue weighted by Gasteiger charge is -2.14. The average molecular weight is 1070 g/mol. The summed E-state index contributed by atoms with van der Waals surface area (Å²) < 4.78 is 69.8. The van der Waals surface area contributed by atoms with Gasteiger partial charge in [-0.1, -0.05) is 36.0 Å². The molecule has 21 nitrogen and oxygen atoms in total. The Morgan fingerprint density at radius 2 is 1.26 bits per heavy atom. The number of aliphatic imine (C=N–C) groups is 1. The fraction of sp³-hybridized carbons (Fsp3) is 0.429. The van der Waals surface area contributed by atoms with Crippen molar-refractivity contribution in [3.05, 3.63) is 94.1 Å². The molecular formula is C49H63F3N6O15S. The van der Waals surface area contributed by atoms with Crippen LogP contribution in [-0.4, -0.2) is 180 Å². The molecular weight excluding hydrogens is 1000 g/mol. The predicted octanol–water partition coefficient (Wildman–Crippen LogP) is 7.08. The molecule has 0 aromatic heterocycles. The number of para-hydroxylation sites is 1. The van der Waals surface area contributed by atoms with Gasteiger partial charge in [-0.05, 0) is 102 Å². The van der Waals surface area contributed by atoms with Crippen LogP contribution >= 0.6 is 11.8 Å². The summed E-state index contributed by atoms with van der Waals surface area (Å²) in [6.45, 7) is 5.67. The van der Waals surface area contributed by atoms with Crippen LogP contribution in [-0.2, 0) is 38.0 Å². The van der Waals surface area contributed by atoms with E-state index >= 15 is 0 Å². The second-order valence-electron chi connectivity index (χ2n) is 15.9. The summed E-state index contributed by atoms with van der Waals surface area (Å²) in [5.74, 6) is -4.03. The first-order chi connectivity index (χ1) is 35.3. The number of nitrogens with zero attached hydrogens (tertiary/aromatic N) is 3. The maximum atomic E-state index is 13.1. The van der Waals surface area contributed by atoms with Gasteiger partial charge in [-0.3, -0.25) is 15.4 Å². The lowest BCUT2D eigenvalue weighted by molar-refractivity contribution is -0.192. The van der Waals surface area contributed by atoms with Crippen LogP contribution in [0.5, 0.6) is 11.5 Å². The van der Waals surface area contributed by atoms with Crippen LogP contribution in [0.25, 0.3) is 6.08 Å². The molecule has 0 bridgehead atoms. The number of halogens is 3. The minimum Gasteiger partial charge on any atom is -0.506 e. The van der Waals surface area contributed by atoms with Gasteiger partial charge in [0.2, 0.25) is 0 Å². The van der Waals surface area contributed by atoms with Crippen molar-refractivity contribution in [2.24, 2.45) is 4.99 Å². The van der Waals surface area contributed by atoms with Gasteiger partial charge in [-0.15, -0.1) is 0 Å². The Morgan fingerprint density at radius 1 is 0.716 bits per heavy atom. The van der Waals surface area contributed by atoms with Gasteiger partial charge in [-0.25, -0.2) is 24.2 Å². The highest BCUT2D eigenvalue weighted by atomic mass is 32.2. The molecule has 4 rings (SSSR count). The van der Waals surface area contributed by atoms with Crippen molar-refractivity contribution in [1.82, 2.24) is 15.1 Å². The predicted molar refractivity (Wildman–Crippen MR) is 270 cm³/mol. The van der Waals surface area contributed by atoms with Gasteiger partial charge in [0.1, 0.15) is 23.0 Å². The number of nitrogens with one attached hydrogen (secondary N) is 3. The number of rotatable bonds is 28. The third kappa shape index (κ3) is 24.2. The van der Waals surface area contributed by atoms with Crippen molar-refractivity contribution in [3.8, 4) is 11.5 Å². The zero-order valence-electron chi connectivity index (χ0n) is 41.7. The summed E-state index contributed by atoms with van der Waals surface area (Å²) in [6, 6.07) is 18.3. The molecule has 1 aliphatic rings. The van der Waals surface area contributed by atoms with E-state index in [9.17, 15) is 42.6 Å². The smallest absolute Gasteiger partial charge is 0.490 e. The number of hydrogen-bond acceptors (Lipinski definition) is 18. The zero-order chi connectivity index (χ0) is 54.5. The number of ether oxygens (including phenoxy) is 7. The molecule has 0 fully saturated rings. The van der Waals surface area contributed by atoms with E-state index in [4.69, 9.17) is 43.1 Å². The normalized spacial score (nSPS) is 13.4. The molecule has 0 saturated heterocycles. The van der Waals surface area contributed by atoms with E-state index in [1.807, 2.05) is 56.2 Å². The number of thioether (sulfide) groups is 1. The highest BCUT2D eigenvalue weighted by Gasteiger charge is 2.38. The van der Waals surface area contributed by atoms with Crippen LogP contribution in [0, 0.1) is 0 Å². The number of benzene rings is 3. The van der Waals surface area contributed by atoms with Gasteiger partial charge < -0.3 is 63.6 Å². The van der Waals surface area contributed by atoms with E-state index in [0.717, 1.165) is 24.9 Å². The van der Waals surface area contributed by atoms with E-state index < -0.39 is 36.2 Å². The summed E-state index contributed by atoms with van der Waals surface area (Å²) in [6.07, 6.45) is -3.55. The van der Waals surface area contributed by atoms with Crippen LogP contribution < -0.4 is 20.7 Å².